The molecule has 196 valence electrons. The average molecular weight is 537 g/mol. The van der Waals surface area contributed by atoms with Crippen molar-refractivity contribution in [2.24, 2.45) is 0 Å². The van der Waals surface area contributed by atoms with Gasteiger partial charge in [-0.25, -0.2) is 4.79 Å². The monoisotopic (exact) mass is 536 g/mol. The van der Waals surface area contributed by atoms with E-state index in [0.717, 1.165) is 72.9 Å². The van der Waals surface area contributed by atoms with E-state index in [9.17, 15) is 14.9 Å². The quantitative estimate of drug-likeness (QED) is 0.332. The molecule has 0 spiro atoms. The zero-order chi connectivity index (χ0) is 26.8. The van der Waals surface area contributed by atoms with E-state index in [4.69, 9.17) is 9.72 Å². The maximum Gasteiger partial charge on any atom is 0.339 e. The van der Waals surface area contributed by atoms with E-state index < -0.39 is 18.5 Å². The molecule has 0 radical (unpaired) electrons. The summed E-state index contributed by atoms with van der Waals surface area (Å²) in [6, 6.07) is 20.1. The number of aromatic nitrogens is 1. The molecule has 8 heteroatoms. The number of nitriles is 1. The summed E-state index contributed by atoms with van der Waals surface area (Å²) < 4.78 is 5.59. The number of hydrogen-bond donors (Lipinski definition) is 1. The number of benzene rings is 2. The number of nitrogens with zero attached hydrogens (tertiary/aromatic N) is 3. The molecule has 7 nitrogen and oxygen atoms in total. The summed E-state index contributed by atoms with van der Waals surface area (Å²) in [7, 11) is 0. The van der Waals surface area contributed by atoms with Crippen LogP contribution in [0.25, 0.3) is 10.9 Å². The van der Waals surface area contributed by atoms with Crippen molar-refractivity contribution >= 4 is 39.1 Å². The van der Waals surface area contributed by atoms with E-state index in [0.29, 0.717) is 22.7 Å². The largest absolute Gasteiger partial charge is 0.452 e. The Morgan fingerprint density at radius 1 is 1.03 bits per heavy atom. The summed E-state index contributed by atoms with van der Waals surface area (Å²) in [5.74, 6) is -0.982. The second-order valence-corrected chi connectivity index (χ2v) is 11.1. The van der Waals surface area contributed by atoms with Crippen molar-refractivity contribution < 1.29 is 14.3 Å². The zero-order valence-corrected chi connectivity index (χ0v) is 22.4. The molecule has 4 aromatic rings. The Morgan fingerprint density at radius 2 is 1.82 bits per heavy atom. The summed E-state index contributed by atoms with van der Waals surface area (Å²) >= 11 is 1.46. The minimum atomic E-state index is -0.535. The van der Waals surface area contributed by atoms with E-state index in [-0.39, 0.29) is 0 Å². The van der Waals surface area contributed by atoms with Gasteiger partial charge >= 0.3 is 5.97 Å². The van der Waals surface area contributed by atoms with Crippen LogP contribution < -0.4 is 5.32 Å². The average Bonchev–Trinajstić information content (AvgIpc) is 3.32. The van der Waals surface area contributed by atoms with Gasteiger partial charge in [0.25, 0.3) is 5.91 Å². The normalized spacial score (nSPS) is 14.7. The van der Waals surface area contributed by atoms with E-state index in [1.165, 1.54) is 21.8 Å². The number of thiophene rings is 1. The topological polar surface area (TPSA) is 95.3 Å². The van der Waals surface area contributed by atoms with Crippen LogP contribution >= 0.6 is 11.3 Å². The van der Waals surface area contributed by atoms with Crippen LogP contribution in [-0.2, 0) is 41.9 Å². The molecule has 2 aromatic heterocycles. The predicted molar refractivity (Wildman–Crippen MR) is 151 cm³/mol. The van der Waals surface area contributed by atoms with Gasteiger partial charge < -0.3 is 10.1 Å². The van der Waals surface area contributed by atoms with Crippen molar-refractivity contribution in [3.63, 3.8) is 0 Å². The van der Waals surface area contributed by atoms with Crippen molar-refractivity contribution in [2.75, 3.05) is 18.5 Å². The highest BCUT2D eigenvalue weighted by atomic mass is 32.1. The lowest BCUT2D eigenvalue weighted by Gasteiger charge is -2.30. The van der Waals surface area contributed by atoms with Gasteiger partial charge in [0, 0.05) is 47.6 Å². The Bertz CT molecular complexity index is 1610. The van der Waals surface area contributed by atoms with Crippen LogP contribution in [0.3, 0.4) is 0 Å². The van der Waals surface area contributed by atoms with Crippen LogP contribution in [0.2, 0.25) is 0 Å². The first-order valence-electron chi connectivity index (χ1n) is 13.3. The fraction of sp³-hybridized carbons (Fsp3) is 0.290. The molecule has 1 amide bonds. The Hall–Kier alpha value is -4.06. The maximum atomic E-state index is 13.5. The van der Waals surface area contributed by atoms with Crippen molar-refractivity contribution in [1.82, 2.24) is 9.88 Å². The van der Waals surface area contributed by atoms with Gasteiger partial charge in [-0.1, -0.05) is 48.5 Å². The van der Waals surface area contributed by atoms with E-state index in [1.807, 2.05) is 42.5 Å². The molecule has 0 saturated heterocycles. The van der Waals surface area contributed by atoms with Crippen LogP contribution in [0.5, 0.6) is 0 Å². The number of carbonyl (C=O) groups excluding carboxylic acids is 2. The number of pyridine rings is 1. The van der Waals surface area contributed by atoms with Gasteiger partial charge in [-0.2, -0.15) is 5.26 Å². The van der Waals surface area contributed by atoms with Crippen molar-refractivity contribution in [3.8, 4) is 6.07 Å². The lowest BCUT2D eigenvalue weighted by molar-refractivity contribution is -0.119. The highest BCUT2D eigenvalue weighted by Gasteiger charge is 2.28. The molecule has 1 aliphatic carbocycles. The number of fused-ring (bicyclic) bond motifs is 3. The van der Waals surface area contributed by atoms with E-state index in [2.05, 4.69) is 28.4 Å². The molecule has 0 saturated carbocycles. The molecular weight excluding hydrogens is 508 g/mol. The number of esters is 1. The van der Waals surface area contributed by atoms with Gasteiger partial charge in [0.15, 0.2) is 6.61 Å². The number of hydrogen-bond acceptors (Lipinski definition) is 7. The highest BCUT2D eigenvalue weighted by molar-refractivity contribution is 7.16. The van der Waals surface area contributed by atoms with Gasteiger partial charge in [0.2, 0.25) is 0 Å². The molecule has 0 fully saturated rings. The third-order valence-corrected chi connectivity index (χ3v) is 8.66. The zero-order valence-electron chi connectivity index (χ0n) is 21.5. The number of aryl methyl sites for hydroxylation is 1. The fourth-order valence-electron chi connectivity index (χ4n) is 5.59. The van der Waals surface area contributed by atoms with Gasteiger partial charge in [-0.15, -0.1) is 11.3 Å². The number of anilines is 1. The van der Waals surface area contributed by atoms with Crippen molar-refractivity contribution in [2.45, 2.75) is 45.2 Å². The molecule has 0 unspecified atom stereocenters. The van der Waals surface area contributed by atoms with Crippen LogP contribution in [0.4, 0.5) is 5.00 Å². The maximum absolute atomic E-state index is 13.5. The highest BCUT2D eigenvalue weighted by Crippen LogP contribution is 2.37. The Balaban J connectivity index is 1.22. The molecule has 1 aliphatic heterocycles. The second kappa shape index (κ2) is 11.0. The second-order valence-electron chi connectivity index (χ2n) is 10.0. The lowest BCUT2D eigenvalue weighted by Crippen LogP contribution is -2.32. The molecule has 2 aliphatic rings. The summed E-state index contributed by atoms with van der Waals surface area (Å²) in [6.45, 7) is 1.77. The van der Waals surface area contributed by atoms with Gasteiger partial charge in [-0.3, -0.25) is 14.7 Å². The molecule has 6 rings (SSSR count). The van der Waals surface area contributed by atoms with E-state index >= 15 is 0 Å². The Kier molecular flexibility index (Phi) is 7.10. The van der Waals surface area contributed by atoms with Gasteiger partial charge in [0.05, 0.1) is 16.6 Å². The number of carbonyl (C=O) groups is 2. The first-order valence-corrected chi connectivity index (χ1v) is 14.1. The summed E-state index contributed by atoms with van der Waals surface area (Å²) in [6.07, 6.45) is 4.67. The summed E-state index contributed by atoms with van der Waals surface area (Å²) in [4.78, 5) is 34.7. The SMILES string of the molecule is N#Cc1c(NC(=O)COC(=O)c2c3c(nc4ccccc24)CCN(Cc2ccccc2)C3)sc2c1CCCC2. The first kappa shape index (κ1) is 25.2. The minimum absolute atomic E-state index is 0.425. The lowest BCUT2D eigenvalue weighted by atomic mass is 9.95. The van der Waals surface area contributed by atoms with Gasteiger partial charge in [0.1, 0.15) is 11.1 Å². The summed E-state index contributed by atoms with van der Waals surface area (Å²) in [5.41, 5.74) is 5.79. The molecule has 39 heavy (non-hydrogen) atoms. The van der Waals surface area contributed by atoms with Crippen molar-refractivity contribution in [1.29, 1.82) is 5.26 Å². The van der Waals surface area contributed by atoms with Crippen LogP contribution in [-0.4, -0.2) is 34.9 Å². The molecule has 0 bridgehead atoms. The number of rotatable bonds is 6. The van der Waals surface area contributed by atoms with Crippen LogP contribution in [0.1, 0.15) is 56.0 Å². The first-order chi connectivity index (χ1) is 19.1. The fourth-order valence-corrected chi connectivity index (χ4v) is 6.85. The van der Waals surface area contributed by atoms with Crippen LogP contribution in [0.15, 0.2) is 54.6 Å². The standard InChI is InChI=1S/C31H28N4O3S/c32-16-23-21-10-5-7-13-27(21)39-30(23)34-28(36)19-38-31(37)29-22-11-4-6-12-25(22)33-26-14-15-35(18-24(26)29)17-20-8-2-1-3-9-20/h1-4,6,8-9,11-12H,5,7,10,13-15,17-19H2,(H,34,36). The number of ether oxygens (including phenoxy) is 1. The smallest absolute Gasteiger partial charge is 0.339 e. The molecule has 2 aromatic carbocycles. The van der Waals surface area contributed by atoms with E-state index in [1.54, 1.807) is 0 Å². The third kappa shape index (κ3) is 5.16. The van der Waals surface area contributed by atoms with Crippen molar-refractivity contribution in [3.05, 3.63) is 93.0 Å². The minimum Gasteiger partial charge on any atom is -0.452 e. The third-order valence-electron chi connectivity index (χ3n) is 7.45. The Labute approximate surface area is 231 Å². The number of para-hydroxylation sites is 1. The predicted octanol–water partition coefficient (Wildman–Crippen LogP) is 5.40. The number of amides is 1. The molecular formula is C31H28N4O3S. The molecule has 1 N–H and O–H groups in total. The van der Waals surface area contributed by atoms with Gasteiger partial charge in [-0.05, 0) is 42.9 Å². The molecule has 0 atom stereocenters. The summed E-state index contributed by atoms with van der Waals surface area (Å²) in [5, 5.41) is 13.8. The van der Waals surface area contributed by atoms with Crippen LogP contribution in [0, 0.1) is 11.3 Å². The Morgan fingerprint density at radius 3 is 2.67 bits per heavy atom. The molecule has 3 heterocycles. The number of nitrogens with one attached hydrogen (secondary N) is 1.